The average Bonchev–Trinajstić information content (AvgIpc) is 3.30. The molecule has 4 heterocycles. The summed E-state index contributed by atoms with van der Waals surface area (Å²) in [5, 5.41) is 8.03. The Hall–Kier alpha value is -3.50. The second-order valence-corrected chi connectivity index (χ2v) is 7.12. The van der Waals surface area contributed by atoms with Crippen molar-refractivity contribution in [3.63, 3.8) is 0 Å². The van der Waals surface area contributed by atoms with Gasteiger partial charge in [-0.3, -0.25) is 4.79 Å². The van der Waals surface area contributed by atoms with Crippen molar-refractivity contribution >= 4 is 5.91 Å². The first kappa shape index (κ1) is 20.8. The Labute approximate surface area is 175 Å². The number of aromatic nitrogens is 5. The number of amides is 1. The Morgan fingerprint density at radius 2 is 1.94 bits per heavy atom. The van der Waals surface area contributed by atoms with Crippen LogP contribution in [0.25, 0.3) is 5.82 Å². The van der Waals surface area contributed by atoms with Crippen molar-refractivity contribution in [2.75, 3.05) is 6.54 Å². The molecule has 11 heteroatoms. The van der Waals surface area contributed by atoms with Gasteiger partial charge in [-0.15, -0.1) is 4.80 Å². The molecule has 0 bridgehead atoms. The number of rotatable bonds is 4. The van der Waals surface area contributed by atoms with E-state index in [0.29, 0.717) is 25.2 Å². The van der Waals surface area contributed by atoms with Gasteiger partial charge in [0.15, 0.2) is 5.82 Å². The molecule has 4 rings (SSSR count). The minimum absolute atomic E-state index is 0.0871. The quantitative estimate of drug-likeness (QED) is 0.630. The molecule has 0 aliphatic carbocycles. The van der Waals surface area contributed by atoms with Gasteiger partial charge in [0, 0.05) is 18.8 Å². The molecule has 8 nitrogen and oxygen atoms in total. The summed E-state index contributed by atoms with van der Waals surface area (Å²) in [6.45, 7) is 2.36. The first-order valence-electron chi connectivity index (χ1n) is 9.67. The summed E-state index contributed by atoms with van der Waals surface area (Å²) in [5.74, 6) is 0.237. The number of carbonyl (C=O) groups excluding carboxylic acids is 1. The fourth-order valence-electron chi connectivity index (χ4n) is 3.46. The lowest BCUT2D eigenvalue weighted by Crippen LogP contribution is -2.51. The second-order valence-electron chi connectivity index (χ2n) is 7.12. The van der Waals surface area contributed by atoms with Crippen LogP contribution in [0.1, 0.15) is 35.8 Å². The molecular formula is C20H19F3N6O2. The van der Waals surface area contributed by atoms with E-state index < -0.39 is 17.8 Å². The van der Waals surface area contributed by atoms with Crippen LogP contribution in [0.2, 0.25) is 0 Å². The van der Waals surface area contributed by atoms with Crippen molar-refractivity contribution in [3.8, 4) is 11.7 Å². The normalized spacial score (nSPS) is 19.3. The zero-order valence-corrected chi connectivity index (χ0v) is 16.5. The predicted molar refractivity (Wildman–Crippen MR) is 103 cm³/mol. The number of alkyl halides is 3. The zero-order valence-electron chi connectivity index (χ0n) is 16.5. The van der Waals surface area contributed by atoms with E-state index in [1.807, 2.05) is 6.92 Å². The topological polar surface area (TPSA) is 86.0 Å². The standard InChI is InChI=1S/C20H19F3N6O2/c1-13-16(31-18-8-7-14(12-24-18)20(21,22)23)5-3-11-28(13)19(30)15-4-2-6-17(27-15)29-25-9-10-26-29/h2,4,6-10,12-13,16H,3,5,11H2,1H3/t13-,16+/m0/s1. The van der Waals surface area contributed by atoms with E-state index in [1.54, 1.807) is 23.1 Å². The number of carbonyl (C=O) groups is 1. The molecule has 2 atom stereocenters. The highest BCUT2D eigenvalue weighted by atomic mass is 19.4. The van der Waals surface area contributed by atoms with E-state index in [4.69, 9.17) is 4.74 Å². The van der Waals surface area contributed by atoms with Crippen LogP contribution in [0.5, 0.6) is 5.88 Å². The van der Waals surface area contributed by atoms with Crippen molar-refractivity contribution in [3.05, 3.63) is 60.2 Å². The van der Waals surface area contributed by atoms with Gasteiger partial charge in [0.05, 0.1) is 24.0 Å². The number of pyridine rings is 2. The van der Waals surface area contributed by atoms with Crippen molar-refractivity contribution in [2.24, 2.45) is 0 Å². The highest BCUT2D eigenvalue weighted by molar-refractivity contribution is 5.92. The van der Waals surface area contributed by atoms with Crippen molar-refractivity contribution < 1.29 is 22.7 Å². The minimum atomic E-state index is -4.46. The van der Waals surface area contributed by atoms with Crippen LogP contribution in [0, 0.1) is 0 Å². The van der Waals surface area contributed by atoms with E-state index in [9.17, 15) is 18.0 Å². The lowest BCUT2D eigenvalue weighted by Gasteiger charge is -2.38. The summed E-state index contributed by atoms with van der Waals surface area (Å²) < 4.78 is 44.0. The minimum Gasteiger partial charge on any atom is -0.472 e. The lowest BCUT2D eigenvalue weighted by molar-refractivity contribution is -0.137. The molecule has 0 spiro atoms. The summed E-state index contributed by atoms with van der Waals surface area (Å²) in [5.41, 5.74) is -0.596. The first-order chi connectivity index (χ1) is 14.8. The maximum atomic E-state index is 13.1. The van der Waals surface area contributed by atoms with Crippen LogP contribution in [-0.2, 0) is 6.18 Å². The number of hydrogen-bond acceptors (Lipinski definition) is 6. The van der Waals surface area contributed by atoms with Gasteiger partial charge in [0.25, 0.3) is 5.91 Å². The van der Waals surface area contributed by atoms with Gasteiger partial charge in [0.1, 0.15) is 11.8 Å². The third-order valence-electron chi connectivity index (χ3n) is 5.09. The molecule has 0 aromatic carbocycles. The number of ether oxygens (including phenoxy) is 1. The summed E-state index contributed by atoms with van der Waals surface area (Å²) in [6.07, 6.45) is 0.239. The van der Waals surface area contributed by atoms with E-state index in [1.165, 1.54) is 23.3 Å². The molecule has 3 aromatic rings. The van der Waals surface area contributed by atoms with Crippen LogP contribution in [0.3, 0.4) is 0 Å². The van der Waals surface area contributed by atoms with E-state index >= 15 is 0 Å². The van der Waals surface area contributed by atoms with E-state index in [2.05, 4.69) is 20.2 Å². The van der Waals surface area contributed by atoms with Crippen molar-refractivity contribution in [2.45, 2.75) is 38.1 Å². The maximum Gasteiger partial charge on any atom is 0.417 e. The molecule has 31 heavy (non-hydrogen) atoms. The highest BCUT2D eigenvalue weighted by Gasteiger charge is 2.34. The Kier molecular flexibility index (Phi) is 5.57. The van der Waals surface area contributed by atoms with Gasteiger partial charge in [0.2, 0.25) is 5.88 Å². The summed E-state index contributed by atoms with van der Waals surface area (Å²) in [7, 11) is 0. The molecule has 1 saturated heterocycles. The van der Waals surface area contributed by atoms with Crippen LogP contribution < -0.4 is 4.74 Å². The molecule has 0 unspecified atom stereocenters. The SMILES string of the molecule is C[C@H]1[C@H](Oc2ccc(C(F)(F)F)cn2)CCCN1C(=O)c1cccc(-n2nccn2)n1. The number of piperidine rings is 1. The maximum absolute atomic E-state index is 13.1. The van der Waals surface area contributed by atoms with Gasteiger partial charge in [-0.25, -0.2) is 9.97 Å². The first-order valence-corrected chi connectivity index (χ1v) is 9.67. The Balaban J connectivity index is 1.48. The largest absolute Gasteiger partial charge is 0.472 e. The summed E-state index contributed by atoms with van der Waals surface area (Å²) in [4.78, 5) is 24.2. The second kappa shape index (κ2) is 8.32. The fourth-order valence-corrected chi connectivity index (χ4v) is 3.46. The zero-order chi connectivity index (χ0) is 22.0. The van der Waals surface area contributed by atoms with Gasteiger partial charge in [-0.2, -0.15) is 23.4 Å². The number of likely N-dealkylation sites (tertiary alicyclic amines) is 1. The van der Waals surface area contributed by atoms with E-state index in [0.717, 1.165) is 12.3 Å². The van der Waals surface area contributed by atoms with Gasteiger partial charge in [-0.05, 0) is 38.0 Å². The molecule has 1 aliphatic heterocycles. The van der Waals surface area contributed by atoms with Crippen molar-refractivity contribution in [1.29, 1.82) is 0 Å². The van der Waals surface area contributed by atoms with Crippen molar-refractivity contribution in [1.82, 2.24) is 29.9 Å². The molecule has 3 aromatic heterocycles. The van der Waals surface area contributed by atoms with Gasteiger partial charge in [-0.1, -0.05) is 6.07 Å². The molecule has 0 radical (unpaired) electrons. The Morgan fingerprint density at radius 3 is 2.61 bits per heavy atom. The third-order valence-corrected chi connectivity index (χ3v) is 5.09. The molecular weight excluding hydrogens is 413 g/mol. The number of halogens is 3. The van der Waals surface area contributed by atoms with Crippen LogP contribution in [-0.4, -0.2) is 54.5 Å². The average molecular weight is 432 g/mol. The van der Waals surface area contributed by atoms with Crippen LogP contribution in [0.4, 0.5) is 13.2 Å². The van der Waals surface area contributed by atoms with Crippen LogP contribution in [0.15, 0.2) is 48.9 Å². The molecule has 0 N–H and O–H groups in total. The lowest BCUT2D eigenvalue weighted by atomic mass is 9.99. The Morgan fingerprint density at radius 1 is 1.16 bits per heavy atom. The number of nitrogens with zero attached hydrogens (tertiary/aromatic N) is 6. The summed E-state index contributed by atoms with van der Waals surface area (Å²) >= 11 is 0. The monoisotopic (exact) mass is 432 g/mol. The van der Waals surface area contributed by atoms with Gasteiger partial charge < -0.3 is 9.64 Å². The number of hydrogen-bond donors (Lipinski definition) is 0. The molecule has 1 fully saturated rings. The predicted octanol–water partition coefficient (Wildman–Crippen LogP) is 3.15. The smallest absolute Gasteiger partial charge is 0.417 e. The van der Waals surface area contributed by atoms with Crippen LogP contribution >= 0.6 is 0 Å². The molecule has 162 valence electrons. The molecule has 1 amide bonds. The molecule has 0 saturated carbocycles. The summed E-state index contributed by atoms with van der Waals surface area (Å²) in [6, 6.07) is 6.81. The fraction of sp³-hybridized carbons (Fsp3) is 0.350. The molecule has 1 aliphatic rings. The Bertz CT molecular complexity index is 1040. The van der Waals surface area contributed by atoms with E-state index in [-0.39, 0.29) is 23.5 Å². The highest BCUT2D eigenvalue weighted by Crippen LogP contribution is 2.30. The third kappa shape index (κ3) is 4.49. The van der Waals surface area contributed by atoms with Gasteiger partial charge >= 0.3 is 6.18 Å².